The van der Waals surface area contributed by atoms with Crippen molar-refractivity contribution >= 4 is 28.4 Å². The summed E-state index contributed by atoms with van der Waals surface area (Å²) in [7, 11) is 0. The molecule has 156 valence electrons. The molecule has 1 aliphatic rings. The van der Waals surface area contributed by atoms with Crippen LogP contribution in [-0.4, -0.2) is 29.3 Å². The zero-order valence-corrected chi connectivity index (χ0v) is 17.0. The summed E-state index contributed by atoms with van der Waals surface area (Å²) in [6.45, 7) is 1.00. The first kappa shape index (κ1) is 19.4. The van der Waals surface area contributed by atoms with Crippen molar-refractivity contribution in [1.82, 2.24) is 10.2 Å². The number of nitrogens with zero attached hydrogens (tertiary/aromatic N) is 2. The minimum atomic E-state index is -0.488. The highest BCUT2D eigenvalue weighted by atomic mass is 16.6. The van der Waals surface area contributed by atoms with E-state index in [1.807, 2.05) is 66.7 Å². The fraction of sp³-hybridized carbons (Fsp3) is 0.0800. The van der Waals surface area contributed by atoms with Crippen molar-refractivity contribution in [2.24, 2.45) is 0 Å². The van der Waals surface area contributed by atoms with Crippen LogP contribution in [0.4, 0.5) is 5.69 Å². The van der Waals surface area contributed by atoms with Gasteiger partial charge in [0.15, 0.2) is 11.5 Å². The lowest BCUT2D eigenvalue weighted by Gasteiger charge is -2.18. The number of aromatic nitrogens is 2. The van der Waals surface area contributed by atoms with E-state index in [-0.39, 0.29) is 5.57 Å². The maximum absolute atomic E-state index is 12.9. The van der Waals surface area contributed by atoms with E-state index in [4.69, 9.17) is 9.47 Å². The smallest absolute Gasteiger partial charge is 0.266 e. The van der Waals surface area contributed by atoms with Gasteiger partial charge in [-0.2, -0.15) is 10.4 Å². The molecular weight excluding hydrogens is 404 g/mol. The van der Waals surface area contributed by atoms with Gasteiger partial charge >= 0.3 is 0 Å². The number of H-pyrrole nitrogens is 1. The summed E-state index contributed by atoms with van der Waals surface area (Å²) in [5.74, 6) is 0.842. The number of hydrogen-bond donors (Lipinski definition) is 2. The van der Waals surface area contributed by atoms with Gasteiger partial charge in [-0.05, 0) is 35.7 Å². The Bertz CT molecular complexity index is 1390. The largest absolute Gasteiger partial charge is 0.486 e. The Kier molecular flexibility index (Phi) is 5.02. The Morgan fingerprint density at radius 2 is 1.88 bits per heavy atom. The monoisotopic (exact) mass is 422 g/mol. The van der Waals surface area contributed by atoms with Gasteiger partial charge in [0, 0.05) is 22.2 Å². The molecule has 0 saturated carbocycles. The van der Waals surface area contributed by atoms with Crippen LogP contribution in [-0.2, 0) is 4.79 Å². The molecule has 3 aromatic carbocycles. The molecule has 2 heterocycles. The van der Waals surface area contributed by atoms with Crippen molar-refractivity contribution in [2.75, 3.05) is 18.5 Å². The van der Waals surface area contributed by atoms with Crippen LogP contribution in [0.15, 0.2) is 72.4 Å². The molecule has 0 aliphatic carbocycles. The van der Waals surface area contributed by atoms with Crippen molar-refractivity contribution in [3.63, 3.8) is 0 Å². The number of nitrogens with one attached hydrogen (secondary N) is 2. The third kappa shape index (κ3) is 3.66. The number of hydrogen-bond acceptors (Lipinski definition) is 5. The molecule has 7 nitrogen and oxygen atoms in total. The lowest BCUT2D eigenvalue weighted by molar-refractivity contribution is -0.112. The van der Waals surface area contributed by atoms with Gasteiger partial charge in [0.1, 0.15) is 24.9 Å². The predicted molar refractivity (Wildman–Crippen MR) is 121 cm³/mol. The highest BCUT2D eigenvalue weighted by Gasteiger charge is 2.17. The van der Waals surface area contributed by atoms with Crippen molar-refractivity contribution in [3.8, 4) is 28.8 Å². The molecule has 2 N–H and O–H groups in total. The Hall–Kier alpha value is -4.57. The zero-order chi connectivity index (χ0) is 21.9. The van der Waals surface area contributed by atoms with E-state index in [1.54, 1.807) is 6.20 Å². The van der Waals surface area contributed by atoms with E-state index in [0.29, 0.717) is 41.7 Å². The van der Waals surface area contributed by atoms with Crippen molar-refractivity contribution in [3.05, 3.63) is 78.0 Å². The Morgan fingerprint density at radius 1 is 1.06 bits per heavy atom. The van der Waals surface area contributed by atoms with E-state index in [0.717, 1.165) is 16.3 Å². The van der Waals surface area contributed by atoms with E-state index in [1.165, 1.54) is 6.08 Å². The molecule has 0 fully saturated rings. The van der Waals surface area contributed by atoms with Crippen LogP contribution in [0, 0.1) is 11.3 Å². The summed E-state index contributed by atoms with van der Waals surface area (Å²) in [5, 5.41) is 21.5. The molecular formula is C25H18N4O3. The van der Waals surface area contributed by atoms with Gasteiger partial charge in [-0.3, -0.25) is 9.89 Å². The first-order chi connectivity index (χ1) is 15.7. The van der Waals surface area contributed by atoms with Crippen LogP contribution in [0.25, 0.3) is 28.1 Å². The first-order valence-electron chi connectivity index (χ1n) is 10.1. The quantitative estimate of drug-likeness (QED) is 0.371. The normalized spacial score (nSPS) is 12.9. The SMILES string of the molecule is N#CC(=Cc1cn[nH]c1-c1ccc2c(c1)OCCO2)C(=O)Nc1cccc2ccccc12. The maximum Gasteiger partial charge on any atom is 0.266 e. The number of carbonyl (C=O) groups is 1. The summed E-state index contributed by atoms with van der Waals surface area (Å²) in [6, 6.07) is 20.9. The second kappa shape index (κ2) is 8.28. The maximum atomic E-state index is 12.9. The average molecular weight is 422 g/mol. The molecule has 1 aromatic heterocycles. The van der Waals surface area contributed by atoms with E-state index in [9.17, 15) is 10.1 Å². The fourth-order valence-electron chi connectivity index (χ4n) is 3.66. The Morgan fingerprint density at radius 3 is 2.75 bits per heavy atom. The predicted octanol–water partition coefficient (Wildman–Crippen LogP) is 4.55. The standard InChI is InChI=1S/C25H18N4O3/c26-14-18(25(30)28-21-7-3-5-16-4-1-2-6-20(16)21)12-19-15-27-29-24(19)17-8-9-22-23(13-17)32-11-10-31-22/h1-9,12-13,15H,10-11H2,(H,27,29)(H,28,30). The van der Waals surface area contributed by atoms with Crippen molar-refractivity contribution < 1.29 is 14.3 Å². The minimum absolute atomic E-state index is 0.0295. The second-order valence-corrected chi connectivity index (χ2v) is 7.21. The number of fused-ring (bicyclic) bond motifs is 2. The summed E-state index contributed by atoms with van der Waals surface area (Å²) in [5.41, 5.74) is 2.72. The van der Waals surface area contributed by atoms with Crippen LogP contribution in [0.3, 0.4) is 0 Å². The average Bonchev–Trinajstić information content (AvgIpc) is 3.30. The molecule has 0 saturated heterocycles. The molecule has 1 aliphatic heterocycles. The highest BCUT2D eigenvalue weighted by Crippen LogP contribution is 2.35. The van der Waals surface area contributed by atoms with Crippen LogP contribution < -0.4 is 14.8 Å². The van der Waals surface area contributed by atoms with Crippen LogP contribution in [0.2, 0.25) is 0 Å². The van der Waals surface area contributed by atoms with E-state index in [2.05, 4.69) is 15.5 Å². The second-order valence-electron chi connectivity index (χ2n) is 7.21. The molecule has 0 radical (unpaired) electrons. The van der Waals surface area contributed by atoms with Gasteiger partial charge in [-0.15, -0.1) is 0 Å². The van der Waals surface area contributed by atoms with Crippen LogP contribution in [0.5, 0.6) is 11.5 Å². The van der Waals surface area contributed by atoms with Gasteiger partial charge in [0.2, 0.25) is 0 Å². The Balaban J connectivity index is 1.45. The lowest BCUT2D eigenvalue weighted by Crippen LogP contribution is -2.15. The number of amides is 1. The van der Waals surface area contributed by atoms with Gasteiger partial charge < -0.3 is 14.8 Å². The molecule has 7 heteroatoms. The highest BCUT2D eigenvalue weighted by molar-refractivity contribution is 6.13. The molecule has 0 atom stereocenters. The summed E-state index contributed by atoms with van der Waals surface area (Å²) < 4.78 is 11.2. The third-order valence-corrected chi connectivity index (χ3v) is 5.20. The molecule has 1 amide bonds. The third-order valence-electron chi connectivity index (χ3n) is 5.20. The molecule has 0 bridgehead atoms. The zero-order valence-electron chi connectivity index (χ0n) is 17.0. The number of benzene rings is 3. The number of rotatable bonds is 4. The van der Waals surface area contributed by atoms with Gasteiger partial charge in [0.25, 0.3) is 5.91 Å². The van der Waals surface area contributed by atoms with E-state index < -0.39 is 5.91 Å². The van der Waals surface area contributed by atoms with Crippen molar-refractivity contribution in [2.45, 2.75) is 0 Å². The van der Waals surface area contributed by atoms with Gasteiger partial charge in [-0.1, -0.05) is 36.4 Å². The number of ether oxygens (including phenoxy) is 2. The Labute approximate surface area is 183 Å². The minimum Gasteiger partial charge on any atom is -0.486 e. The van der Waals surface area contributed by atoms with Crippen molar-refractivity contribution in [1.29, 1.82) is 5.26 Å². The molecule has 0 unspecified atom stereocenters. The first-order valence-corrected chi connectivity index (χ1v) is 10.1. The molecule has 32 heavy (non-hydrogen) atoms. The summed E-state index contributed by atoms with van der Waals surface area (Å²) >= 11 is 0. The number of nitriles is 1. The summed E-state index contributed by atoms with van der Waals surface area (Å²) in [4.78, 5) is 12.9. The molecule has 4 aromatic rings. The topological polar surface area (TPSA) is 100 Å². The van der Waals surface area contributed by atoms with Gasteiger partial charge in [0.05, 0.1) is 11.9 Å². The number of carbonyl (C=O) groups excluding carboxylic acids is 1. The van der Waals surface area contributed by atoms with Gasteiger partial charge in [-0.25, -0.2) is 0 Å². The number of aromatic amines is 1. The van der Waals surface area contributed by atoms with Crippen LogP contribution >= 0.6 is 0 Å². The summed E-state index contributed by atoms with van der Waals surface area (Å²) in [6.07, 6.45) is 3.10. The number of anilines is 1. The van der Waals surface area contributed by atoms with Crippen LogP contribution in [0.1, 0.15) is 5.56 Å². The van der Waals surface area contributed by atoms with E-state index >= 15 is 0 Å². The molecule has 5 rings (SSSR count). The lowest BCUT2D eigenvalue weighted by atomic mass is 10.0. The fourth-order valence-corrected chi connectivity index (χ4v) is 3.66. The molecule has 0 spiro atoms.